The second kappa shape index (κ2) is 5.53. The smallest absolute Gasteiger partial charge is 0.251 e. The molecule has 0 bridgehead atoms. The predicted octanol–water partition coefficient (Wildman–Crippen LogP) is 2.44. The van der Waals surface area contributed by atoms with E-state index in [4.69, 9.17) is 0 Å². The number of aliphatic hydroxyl groups is 1. The quantitative estimate of drug-likeness (QED) is 0.808. The van der Waals surface area contributed by atoms with E-state index < -0.39 is 5.60 Å². The highest BCUT2D eigenvalue weighted by Crippen LogP contribution is 2.29. The molecule has 1 fully saturated rings. The minimum Gasteiger partial charge on any atom is -0.380 e. The Morgan fingerprint density at radius 2 is 2.05 bits per heavy atom. The van der Waals surface area contributed by atoms with Gasteiger partial charge >= 0.3 is 0 Å². The molecule has 1 amide bonds. The number of para-hydroxylation sites is 1. The van der Waals surface area contributed by atoms with E-state index in [0.29, 0.717) is 19.4 Å². The zero-order valence-electron chi connectivity index (χ0n) is 12.4. The summed E-state index contributed by atoms with van der Waals surface area (Å²) in [6.07, 6.45) is 3.82. The summed E-state index contributed by atoms with van der Waals surface area (Å²) >= 11 is 0. The third kappa shape index (κ3) is 2.68. The molecule has 0 atom stereocenters. The molecule has 1 saturated carbocycles. The number of hydrogen-bond donors (Lipinski definition) is 3. The average Bonchev–Trinajstić information content (AvgIpc) is 3.04. The van der Waals surface area contributed by atoms with Gasteiger partial charge in [0.1, 0.15) is 5.60 Å². The Morgan fingerprint density at radius 3 is 2.81 bits per heavy atom. The summed E-state index contributed by atoms with van der Waals surface area (Å²) in [6, 6.07) is 8.20. The van der Waals surface area contributed by atoms with Crippen molar-refractivity contribution in [2.24, 2.45) is 0 Å². The summed E-state index contributed by atoms with van der Waals surface area (Å²) in [5.74, 6) is -0.211. The molecular weight excluding hydrogens is 264 g/mol. The molecule has 3 N–H and O–H groups in total. The van der Waals surface area contributed by atoms with E-state index in [-0.39, 0.29) is 5.91 Å². The lowest BCUT2D eigenvalue weighted by atomic mass is 10.0. The third-order valence-corrected chi connectivity index (χ3v) is 4.54. The first-order chi connectivity index (χ1) is 10.1. The SMILES string of the molecule is Cc1[nH]c2ccccc2c1CCNC(=O)C1(O)CCCC1. The second-order valence-electron chi connectivity index (χ2n) is 6.02. The highest BCUT2D eigenvalue weighted by molar-refractivity contribution is 5.86. The van der Waals surface area contributed by atoms with E-state index in [1.54, 1.807) is 0 Å². The van der Waals surface area contributed by atoms with Crippen molar-refractivity contribution >= 4 is 16.8 Å². The lowest BCUT2D eigenvalue weighted by molar-refractivity contribution is -0.139. The average molecular weight is 286 g/mol. The maximum absolute atomic E-state index is 12.1. The van der Waals surface area contributed by atoms with Gasteiger partial charge in [-0.05, 0) is 50.7 Å². The number of amides is 1. The van der Waals surface area contributed by atoms with Crippen molar-refractivity contribution in [2.75, 3.05) is 6.54 Å². The molecule has 1 aliphatic rings. The van der Waals surface area contributed by atoms with Crippen molar-refractivity contribution < 1.29 is 9.90 Å². The maximum atomic E-state index is 12.1. The number of aromatic nitrogens is 1. The van der Waals surface area contributed by atoms with E-state index in [2.05, 4.69) is 29.4 Å². The van der Waals surface area contributed by atoms with Crippen molar-refractivity contribution in [1.29, 1.82) is 0 Å². The molecule has 0 unspecified atom stereocenters. The van der Waals surface area contributed by atoms with Crippen LogP contribution in [0.4, 0.5) is 0 Å². The lowest BCUT2D eigenvalue weighted by Crippen LogP contribution is -2.45. The predicted molar refractivity (Wildman–Crippen MR) is 83.2 cm³/mol. The van der Waals surface area contributed by atoms with E-state index in [9.17, 15) is 9.90 Å². The number of benzene rings is 1. The Bertz CT molecular complexity index is 654. The third-order valence-electron chi connectivity index (χ3n) is 4.54. The number of carbonyl (C=O) groups excluding carboxylic acids is 1. The maximum Gasteiger partial charge on any atom is 0.251 e. The van der Waals surface area contributed by atoms with Gasteiger partial charge in [0.15, 0.2) is 0 Å². The van der Waals surface area contributed by atoms with Crippen LogP contribution in [0.3, 0.4) is 0 Å². The van der Waals surface area contributed by atoms with E-state index in [0.717, 1.165) is 30.5 Å². The molecule has 1 aliphatic carbocycles. The zero-order chi connectivity index (χ0) is 14.9. The number of nitrogens with one attached hydrogen (secondary N) is 2. The number of H-pyrrole nitrogens is 1. The number of hydrogen-bond acceptors (Lipinski definition) is 2. The van der Waals surface area contributed by atoms with Crippen LogP contribution >= 0.6 is 0 Å². The number of aryl methyl sites for hydroxylation is 1. The van der Waals surface area contributed by atoms with Crippen molar-refractivity contribution in [3.8, 4) is 0 Å². The minimum absolute atomic E-state index is 0.211. The molecule has 112 valence electrons. The van der Waals surface area contributed by atoms with Crippen molar-refractivity contribution in [3.63, 3.8) is 0 Å². The standard InChI is InChI=1S/C17H22N2O2/c1-12-13(14-6-2-3-7-15(14)19-12)8-11-18-16(20)17(21)9-4-5-10-17/h2-3,6-7,19,21H,4-5,8-11H2,1H3,(H,18,20). The largest absolute Gasteiger partial charge is 0.380 e. The van der Waals surface area contributed by atoms with Gasteiger partial charge in [0.2, 0.25) is 0 Å². The van der Waals surface area contributed by atoms with Gasteiger partial charge in [-0.25, -0.2) is 0 Å². The molecule has 1 heterocycles. The lowest BCUT2D eigenvalue weighted by Gasteiger charge is -2.20. The Labute approximate surface area is 124 Å². The van der Waals surface area contributed by atoms with Gasteiger partial charge in [-0.1, -0.05) is 18.2 Å². The van der Waals surface area contributed by atoms with Crippen molar-refractivity contribution in [3.05, 3.63) is 35.5 Å². The van der Waals surface area contributed by atoms with Gasteiger partial charge in [0.25, 0.3) is 5.91 Å². The second-order valence-corrected chi connectivity index (χ2v) is 6.02. The number of aromatic amines is 1. The van der Waals surface area contributed by atoms with Gasteiger partial charge < -0.3 is 15.4 Å². The molecule has 21 heavy (non-hydrogen) atoms. The van der Waals surface area contributed by atoms with Crippen LogP contribution in [-0.4, -0.2) is 28.1 Å². The fourth-order valence-corrected chi connectivity index (χ4v) is 3.31. The molecule has 1 aromatic heterocycles. The van der Waals surface area contributed by atoms with Crippen LogP contribution in [0.15, 0.2) is 24.3 Å². The van der Waals surface area contributed by atoms with Gasteiger partial charge in [0.05, 0.1) is 0 Å². The highest BCUT2D eigenvalue weighted by atomic mass is 16.3. The molecule has 0 radical (unpaired) electrons. The normalized spacial score (nSPS) is 17.2. The topological polar surface area (TPSA) is 65.1 Å². The fourth-order valence-electron chi connectivity index (χ4n) is 3.31. The van der Waals surface area contributed by atoms with Gasteiger partial charge in [-0.2, -0.15) is 0 Å². The van der Waals surface area contributed by atoms with Gasteiger partial charge in [-0.3, -0.25) is 4.79 Å². The highest BCUT2D eigenvalue weighted by Gasteiger charge is 2.38. The van der Waals surface area contributed by atoms with Crippen LogP contribution < -0.4 is 5.32 Å². The van der Waals surface area contributed by atoms with Crippen LogP contribution in [0, 0.1) is 6.92 Å². The molecule has 0 aliphatic heterocycles. The first kappa shape index (κ1) is 14.1. The van der Waals surface area contributed by atoms with E-state index in [1.807, 2.05) is 12.1 Å². The van der Waals surface area contributed by atoms with Gasteiger partial charge in [-0.15, -0.1) is 0 Å². The van der Waals surface area contributed by atoms with E-state index >= 15 is 0 Å². The summed E-state index contributed by atoms with van der Waals surface area (Å²) in [6.45, 7) is 2.62. The molecule has 0 saturated heterocycles. The summed E-state index contributed by atoms with van der Waals surface area (Å²) in [5.41, 5.74) is 2.38. The number of carbonyl (C=O) groups is 1. The Balaban J connectivity index is 1.64. The fraction of sp³-hybridized carbons (Fsp3) is 0.471. The first-order valence-electron chi connectivity index (χ1n) is 7.67. The van der Waals surface area contributed by atoms with Crippen LogP contribution in [0.2, 0.25) is 0 Å². The molecule has 1 aromatic carbocycles. The van der Waals surface area contributed by atoms with Gasteiger partial charge in [0, 0.05) is 23.1 Å². The van der Waals surface area contributed by atoms with Crippen molar-refractivity contribution in [1.82, 2.24) is 10.3 Å². The molecule has 3 rings (SSSR count). The number of fused-ring (bicyclic) bond motifs is 1. The molecule has 4 heteroatoms. The molecule has 4 nitrogen and oxygen atoms in total. The minimum atomic E-state index is -1.13. The summed E-state index contributed by atoms with van der Waals surface area (Å²) in [5, 5.41) is 14.3. The van der Waals surface area contributed by atoms with Crippen LogP contribution in [-0.2, 0) is 11.2 Å². The summed E-state index contributed by atoms with van der Waals surface area (Å²) < 4.78 is 0. The molecular formula is C17H22N2O2. The summed E-state index contributed by atoms with van der Waals surface area (Å²) in [4.78, 5) is 15.4. The Hall–Kier alpha value is -1.81. The van der Waals surface area contributed by atoms with E-state index in [1.165, 1.54) is 10.9 Å². The van der Waals surface area contributed by atoms with Crippen LogP contribution in [0.25, 0.3) is 10.9 Å². The molecule has 0 spiro atoms. The zero-order valence-corrected chi connectivity index (χ0v) is 12.4. The first-order valence-corrected chi connectivity index (χ1v) is 7.67. The van der Waals surface area contributed by atoms with Crippen LogP contribution in [0.5, 0.6) is 0 Å². The van der Waals surface area contributed by atoms with Crippen LogP contribution in [0.1, 0.15) is 36.9 Å². The monoisotopic (exact) mass is 286 g/mol. The number of rotatable bonds is 4. The molecule has 2 aromatic rings. The Kier molecular flexibility index (Phi) is 3.72. The van der Waals surface area contributed by atoms with Crippen molar-refractivity contribution in [2.45, 2.75) is 44.6 Å². The Morgan fingerprint density at radius 1 is 1.33 bits per heavy atom. The summed E-state index contributed by atoms with van der Waals surface area (Å²) in [7, 11) is 0.